The zero-order chi connectivity index (χ0) is 18.1. The number of piperazine rings is 1. The molecule has 1 N–H and O–H groups in total. The van der Waals surface area contributed by atoms with Gasteiger partial charge < -0.3 is 10.0 Å². The first kappa shape index (κ1) is 19.4. The molecule has 2 aromatic carbocycles. The highest BCUT2D eigenvalue weighted by Gasteiger charge is 2.20. The summed E-state index contributed by atoms with van der Waals surface area (Å²) in [7, 11) is 0. The minimum atomic E-state index is -0.218. The van der Waals surface area contributed by atoms with Gasteiger partial charge in [-0.25, -0.2) is 4.39 Å². The van der Waals surface area contributed by atoms with Gasteiger partial charge in [-0.1, -0.05) is 19.0 Å². The molecule has 0 unspecified atom stereocenters. The van der Waals surface area contributed by atoms with E-state index >= 15 is 0 Å². The summed E-state index contributed by atoms with van der Waals surface area (Å²) in [6, 6.07) is 12.1. The van der Waals surface area contributed by atoms with Crippen molar-refractivity contribution < 1.29 is 9.50 Å². The number of nitrogens with zero attached hydrogens (tertiary/aromatic N) is 3. The Bertz CT molecular complexity index is 925. The molecule has 0 radical (unpaired) electrons. The van der Waals surface area contributed by atoms with Gasteiger partial charge in [0, 0.05) is 55.6 Å². The smallest absolute Gasteiger partial charge is 0.146 e. The summed E-state index contributed by atoms with van der Waals surface area (Å²) >= 11 is 6.36. The van der Waals surface area contributed by atoms with Crippen molar-refractivity contribution in [1.82, 2.24) is 9.88 Å². The minimum absolute atomic E-state index is 0. The average molecular weight is 388 g/mol. The summed E-state index contributed by atoms with van der Waals surface area (Å²) in [4.78, 5) is 8.78. The molecule has 1 aliphatic rings. The number of benzene rings is 2. The molecule has 1 saturated heterocycles. The fourth-order valence-electron chi connectivity index (χ4n) is 3.42. The van der Waals surface area contributed by atoms with Crippen LogP contribution in [-0.2, 0) is 6.54 Å². The molecule has 3 aromatic rings. The number of rotatable bonds is 3. The summed E-state index contributed by atoms with van der Waals surface area (Å²) in [6.07, 6.45) is 1.66. The summed E-state index contributed by atoms with van der Waals surface area (Å²) in [5.74, 6) is -0.0179. The van der Waals surface area contributed by atoms with E-state index in [-0.39, 0.29) is 19.0 Å². The quantitative estimate of drug-likeness (QED) is 0.707. The van der Waals surface area contributed by atoms with Gasteiger partial charge in [0.2, 0.25) is 0 Å². The monoisotopic (exact) mass is 387 g/mol. The number of phenols is 1. The number of anilines is 1. The highest BCUT2D eigenvalue weighted by molar-refractivity contribution is 6.35. The molecule has 4 nitrogen and oxygen atoms in total. The second kappa shape index (κ2) is 8.11. The van der Waals surface area contributed by atoms with Crippen LogP contribution in [0.25, 0.3) is 10.9 Å². The molecule has 1 aromatic heterocycles. The van der Waals surface area contributed by atoms with E-state index in [1.807, 2.05) is 30.3 Å². The van der Waals surface area contributed by atoms with Crippen molar-refractivity contribution in [2.24, 2.45) is 0 Å². The van der Waals surface area contributed by atoms with Crippen LogP contribution in [0.4, 0.5) is 10.1 Å². The number of hydrogen-bond acceptors (Lipinski definition) is 4. The Labute approximate surface area is 163 Å². The van der Waals surface area contributed by atoms with Crippen LogP contribution in [0.1, 0.15) is 13.0 Å². The summed E-state index contributed by atoms with van der Waals surface area (Å²) in [5.41, 5.74) is 2.36. The molecule has 2 heterocycles. The number of hydrogen-bond donors (Lipinski definition) is 1. The van der Waals surface area contributed by atoms with Crippen molar-refractivity contribution in [2.75, 3.05) is 31.1 Å². The fourth-order valence-corrected chi connectivity index (χ4v) is 3.70. The first-order chi connectivity index (χ1) is 12.6. The van der Waals surface area contributed by atoms with Gasteiger partial charge in [0.1, 0.15) is 17.1 Å². The van der Waals surface area contributed by atoms with E-state index in [2.05, 4.69) is 14.8 Å². The fraction of sp³-hybridized carbons (Fsp3) is 0.286. The van der Waals surface area contributed by atoms with Crippen LogP contribution in [0.3, 0.4) is 0 Å². The number of fused-ring (bicyclic) bond motifs is 1. The van der Waals surface area contributed by atoms with E-state index < -0.39 is 0 Å². The topological polar surface area (TPSA) is 39.6 Å². The van der Waals surface area contributed by atoms with E-state index in [4.69, 9.17) is 11.6 Å². The molecule has 1 fully saturated rings. The Balaban J connectivity index is 0.00000210. The largest absolute Gasteiger partial charge is 0.505 e. The maximum absolute atomic E-state index is 13.1. The highest BCUT2D eigenvalue weighted by Crippen LogP contribution is 2.33. The van der Waals surface area contributed by atoms with Crippen molar-refractivity contribution in [3.05, 3.63) is 65.1 Å². The third kappa shape index (κ3) is 3.99. The van der Waals surface area contributed by atoms with Crippen LogP contribution < -0.4 is 4.90 Å². The zero-order valence-electron chi connectivity index (χ0n) is 14.2. The molecule has 6 heteroatoms. The second-order valence-corrected chi connectivity index (χ2v) is 6.91. The van der Waals surface area contributed by atoms with Crippen LogP contribution in [-0.4, -0.2) is 41.2 Å². The standard InChI is InChI=1S/C20H19ClFN3O.CH4/c21-18-12-14(20(26)19-17(18)2-1-7-23-19)13-24-8-10-25(11-9-24)16-5-3-15(22)4-6-16;/h1-7,12,26H,8-11,13H2;1H4. The summed E-state index contributed by atoms with van der Waals surface area (Å²) < 4.78 is 13.1. The lowest BCUT2D eigenvalue weighted by atomic mass is 10.1. The number of pyridine rings is 1. The van der Waals surface area contributed by atoms with Gasteiger partial charge in [-0.2, -0.15) is 0 Å². The minimum Gasteiger partial charge on any atom is -0.505 e. The molecule has 0 amide bonds. The normalized spacial score (nSPS) is 15.0. The SMILES string of the molecule is C.Oc1c(CN2CCN(c3ccc(F)cc3)CC2)cc(Cl)c2cccnc12. The first-order valence-corrected chi connectivity index (χ1v) is 8.97. The van der Waals surface area contributed by atoms with Crippen molar-refractivity contribution >= 4 is 28.2 Å². The van der Waals surface area contributed by atoms with Crippen LogP contribution in [0.15, 0.2) is 48.7 Å². The predicted molar refractivity (Wildman–Crippen MR) is 109 cm³/mol. The lowest BCUT2D eigenvalue weighted by molar-refractivity contribution is 0.247. The maximum Gasteiger partial charge on any atom is 0.146 e. The third-order valence-electron chi connectivity index (χ3n) is 4.85. The molecular weight excluding hydrogens is 365 g/mol. The van der Waals surface area contributed by atoms with Gasteiger partial charge in [0.25, 0.3) is 0 Å². The van der Waals surface area contributed by atoms with Gasteiger partial charge in [-0.3, -0.25) is 9.88 Å². The van der Waals surface area contributed by atoms with Crippen molar-refractivity contribution in [3.63, 3.8) is 0 Å². The van der Waals surface area contributed by atoms with Crippen molar-refractivity contribution in [3.8, 4) is 5.75 Å². The van der Waals surface area contributed by atoms with E-state index in [0.717, 1.165) is 42.8 Å². The third-order valence-corrected chi connectivity index (χ3v) is 5.17. The Morgan fingerprint density at radius 2 is 1.78 bits per heavy atom. The molecular formula is C21H23ClFN3O. The van der Waals surface area contributed by atoms with Gasteiger partial charge in [-0.05, 0) is 42.5 Å². The van der Waals surface area contributed by atoms with Crippen molar-refractivity contribution in [1.29, 1.82) is 0 Å². The van der Waals surface area contributed by atoms with E-state index in [0.29, 0.717) is 17.1 Å². The Morgan fingerprint density at radius 1 is 1.07 bits per heavy atom. The van der Waals surface area contributed by atoms with Gasteiger partial charge >= 0.3 is 0 Å². The van der Waals surface area contributed by atoms with E-state index in [9.17, 15) is 9.50 Å². The number of aromatic nitrogens is 1. The van der Waals surface area contributed by atoms with Crippen LogP contribution in [0, 0.1) is 5.82 Å². The lowest BCUT2D eigenvalue weighted by Crippen LogP contribution is -2.45. The van der Waals surface area contributed by atoms with Crippen molar-refractivity contribution in [2.45, 2.75) is 14.0 Å². The van der Waals surface area contributed by atoms with Crippen LogP contribution in [0.2, 0.25) is 5.02 Å². The maximum atomic E-state index is 13.1. The molecule has 0 bridgehead atoms. The molecule has 0 aliphatic carbocycles. The van der Waals surface area contributed by atoms with Gasteiger partial charge in [-0.15, -0.1) is 0 Å². The molecule has 0 atom stereocenters. The van der Waals surface area contributed by atoms with E-state index in [1.54, 1.807) is 6.20 Å². The van der Waals surface area contributed by atoms with Gasteiger partial charge in [0.05, 0.1) is 5.02 Å². The lowest BCUT2D eigenvalue weighted by Gasteiger charge is -2.36. The summed E-state index contributed by atoms with van der Waals surface area (Å²) in [5, 5.41) is 11.9. The number of phenolic OH excluding ortho intramolecular Hbond substituents is 1. The average Bonchev–Trinajstić information content (AvgIpc) is 2.67. The highest BCUT2D eigenvalue weighted by atomic mass is 35.5. The van der Waals surface area contributed by atoms with Gasteiger partial charge in [0.15, 0.2) is 0 Å². The number of halogens is 2. The second-order valence-electron chi connectivity index (χ2n) is 6.51. The molecule has 142 valence electrons. The zero-order valence-corrected chi connectivity index (χ0v) is 15.0. The Kier molecular flexibility index (Phi) is 5.82. The molecule has 0 spiro atoms. The molecule has 27 heavy (non-hydrogen) atoms. The first-order valence-electron chi connectivity index (χ1n) is 8.60. The molecule has 4 rings (SSSR count). The number of aromatic hydroxyl groups is 1. The molecule has 1 aliphatic heterocycles. The Hall–Kier alpha value is -2.37. The van der Waals surface area contributed by atoms with Crippen LogP contribution in [0.5, 0.6) is 5.75 Å². The Morgan fingerprint density at radius 3 is 2.48 bits per heavy atom. The van der Waals surface area contributed by atoms with E-state index in [1.165, 1.54) is 12.1 Å². The van der Waals surface area contributed by atoms with Crippen LogP contribution >= 0.6 is 11.6 Å². The molecule has 0 saturated carbocycles. The predicted octanol–water partition coefficient (Wildman–Crippen LogP) is 4.69. The summed E-state index contributed by atoms with van der Waals surface area (Å²) in [6.45, 7) is 4.04.